The first-order valence-electron chi connectivity index (χ1n) is 7.92. The number of nitrogens with one attached hydrogen (secondary N) is 1. The third-order valence-electron chi connectivity index (χ3n) is 4.72. The molecule has 0 aliphatic carbocycles. The molecule has 1 aromatic carbocycles. The zero-order valence-electron chi connectivity index (χ0n) is 13.8. The predicted molar refractivity (Wildman–Crippen MR) is 88.4 cm³/mol. The summed E-state index contributed by atoms with van der Waals surface area (Å²) in [6, 6.07) is 4.50. The minimum atomic E-state index is 0.102. The van der Waals surface area contributed by atoms with Crippen LogP contribution in [0, 0.1) is 20.8 Å². The van der Waals surface area contributed by atoms with E-state index in [2.05, 4.69) is 31.0 Å². The number of ether oxygens (including phenoxy) is 1. The fourth-order valence-corrected chi connectivity index (χ4v) is 3.61. The van der Waals surface area contributed by atoms with Gasteiger partial charge in [0.05, 0.1) is 12.6 Å². The van der Waals surface area contributed by atoms with Crippen molar-refractivity contribution in [1.82, 2.24) is 9.88 Å². The van der Waals surface area contributed by atoms with Gasteiger partial charge in [0.25, 0.3) is 5.91 Å². The summed E-state index contributed by atoms with van der Waals surface area (Å²) < 4.78 is 5.26. The van der Waals surface area contributed by atoms with Gasteiger partial charge >= 0.3 is 0 Å². The number of H-pyrrole nitrogens is 1. The molecule has 2 aromatic rings. The lowest BCUT2D eigenvalue weighted by Gasteiger charge is -2.23. The van der Waals surface area contributed by atoms with Gasteiger partial charge in [-0.15, -0.1) is 0 Å². The Hall–Kier alpha value is -1.81. The number of aromatic nitrogens is 1. The molecule has 0 radical (unpaired) electrons. The number of aromatic amines is 1. The molecule has 0 unspecified atom stereocenters. The Morgan fingerprint density at radius 3 is 2.86 bits per heavy atom. The third-order valence-corrected chi connectivity index (χ3v) is 4.72. The number of aryl methyl sites for hydroxylation is 3. The molecule has 1 aliphatic heterocycles. The second kappa shape index (κ2) is 5.76. The summed E-state index contributed by atoms with van der Waals surface area (Å²) in [5.41, 5.74) is 5.27. The van der Waals surface area contributed by atoms with Crippen molar-refractivity contribution in [3.63, 3.8) is 0 Å². The molecule has 0 bridgehead atoms. The van der Waals surface area contributed by atoms with E-state index in [0.717, 1.165) is 41.5 Å². The number of carbonyl (C=O) groups excluding carboxylic acids is 1. The molecule has 1 aliphatic rings. The van der Waals surface area contributed by atoms with Gasteiger partial charge in [0.15, 0.2) is 0 Å². The Morgan fingerprint density at radius 2 is 2.14 bits per heavy atom. The van der Waals surface area contributed by atoms with Crippen LogP contribution in [0.3, 0.4) is 0 Å². The van der Waals surface area contributed by atoms with Gasteiger partial charge in [-0.25, -0.2) is 0 Å². The molecule has 22 heavy (non-hydrogen) atoms. The lowest BCUT2D eigenvalue weighted by molar-refractivity contribution is 0.0625. The SMILES string of the molecule is COC[C@@H]1CCCN1C(=O)c1[nH]c2c(C)cc(C)cc2c1C. The first-order chi connectivity index (χ1) is 10.5. The maximum Gasteiger partial charge on any atom is 0.270 e. The molecule has 3 rings (SSSR count). The van der Waals surface area contributed by atoms with Crippen LogP contribution in [-0.2, 0) is 4.74 Å². The smallest absolute Gasteiger partial charge is 0.270 e. The van der Waals surface area contributed by atoms with E-state index in [1.807, 2.05) is 11.8 Å². The van der Waals surface area contributed by atoms with Gasteiger partial charge in [-0.1, -0.05) is 11.6 Å². The first-order valence-corrected chi connectivity index (χ1v) is 7.92. The molecule has 1 N–H and O–H groups in total. The molecule has 1 atom stereocenters. The zero-order chi connectivity index (χ0) is 15.9. The Morgan fingerprint density at radius 1 is 1.36 bits per heavy atom. The van der Waals surface area contributed by atoms with Crippen LogP contribution in [0.4, 0.5) is 0 Å². The molecule has 1 amide bonds. The van der Waals surface area contributed by atoms with E-state index >= 15 is 0 Å². The number of hydrogen-bond donors (Lipinski definition) is 1. The van der Waals surface area contributed by atoms with Crippen LogP contribution in [-0.4, -0.2) is 42.1 Å². The highest BCUT2D eigenvalue weighted by atomic mass is 16.5. The van der Waals surface area contributed by atoms with E-state index < -0.39 is 0 Å². The highest BCUT2D eigenvalue weighted by Crippen LogP contribution is 2.28. The number of carbonyl (C=O) groups is 1. The number of likely N-dealkylation sites (tertiary alicyclic amines) is 1. The monoisotopic (exact) mass is 300 g/mol. The van der Waals surface area contributed by atoms with Crippen molar-refractivity contribution < 1.29 is 9.53 Å². The molecule has 1 fully saturated rings. The van der Waals surface area contributed by atoms with Gasteiger partial charge in [0.2, 0.25) is 0 Å². The standard InChI is InChI=1S/C18H24N2O2/c1-11-8-12(2)16-15(9-11)13(3)17(19-16)18(21)20-7-5-6-14(20)10-22-4/h8-9,14,19H,5-7,10H2,1-4H3/t14-/m0/s1. The van der Waals surface area contributed by atoms with Crippen molar-refractivity contribution in [3.05, 3.63) is 34.5 Å². The van der Waals surface area contributed by atoms with E-state index in [0.29, 0.717) is 6.61 Å². The third kappa shape index (κ3) is 2.41. The number of methoxy groups -OCH3 is 1. The van der Waals surface area contributed by atoms with Crippen molar-refractivity contribution in [1.29, 1.82) is 0 Å². The molecule has 2 heterocycles. The number of hydrogen-bond acceptors (Lipinski definition) is 2. The van der Waals surface area contributed by atoms with Crippen molar-refractivity contribution in [2.24, 2.45) is 0 Å². The highest BCUT2D eigenvalue weighted by molar-refractivity contribution is 6.02. The number of fused-ring (bicyclic) bond motifs is 1. The summed E-state index contributed by atoms with van der Waals surface area (Å²) in [7, 11) is 1.70. The van der Waals surface area contributed by atoms with Gasteiger partial charge in [-0.05, 0) is 50.8 Å². The lowest BCUT2D eigenvalue weighted by atomic mass is 10.1. The lowest BCUT2D eigenvalue weighted by Crippen LogP contribution is -2.38. The molecular formula is C18H24N2O2. The zero-order valence-corrected chi connectivity index (χ0v) is 13.8. The van der Waals surface area contributed by atoms with Gasteiger partial charge in [0.1, 0.15) is 5.69 Å². The van der Waals surface area contributed by atoms with Crippen molar-refractivity contribution in [3.8, 4) is 0 Å². The molecular weight excluding hydrogens is 276 g/mol. The molecule has 0 saturated carbocycles. The molecule has 0 spiro atoms. The van der Waals surface area contributed by atoms with E-state index in [1.165, 1.54) is 11.1 Å². The van der Waals surface area contributed by atoms with Crippen LogP contribution >= 0.6 is 0 Å². The number of nitrogens with zero attached hydrogens (tertiary/aromatic N) is 1. The average molecular weight is 300 g/mol. The van der Waals surface area contributed by atoms with E-state index in [-0.39, 0.29) is 11.9 Å². The maximum atomic E-state index is 13.0. The number of benzene rings is 1. The van der Waals surface area contributed by atoms with Crippen LogP contribution in [0.5, 0.6) is 0 Å². The molecule has 1 saturated heterocycles. The highest BCUT2D eigenvalue weighted by Gasteiger charge is 2.31. The average Bonchev–Trinajstić information content (AvgIpc) is 3.05. The fourth-order valence-electron chi connectivity index (χ4n) is 3.61. The number of rotatable bonds is 3. The van der Waals surface area contributed by atoms with Gasteiger partial charge in [-0.3, -0.25) is 4.79 Å². The molecule has 4 heteroatoms. The number of amides is 1. The van der Waals surface area contributed by atoms with Crippen LogP contribution in [0.1, 0.15) is 40.0 Å². The minimum Gasteiger partial charge on any atom is -0.383 e. The van der Waals surface area contributed by atoms with E-state index in [9.17, 15) is 4.79 Å². The van der Waals surface area contributed by atoms with Crippen LogP contribution in [0.25, 0.3) is 10.9 Å². The van der Waals surface area contributed by atoms with Crippen LogP contribution in [0.15, 0.2) is 12.1 Å². The first kappa shape index (κ1) is 15.1. The van der Waals surface area contributed by atoms with Gasteiger partial charge in [0, 0.05) is 24.6 Å². The van der Waals surface area contributed by atoms with Gasteiger partial charge < -0.3 is 14.6 Å². The predicted octanol–water partition coefficient (Wildman–Crippen LogP) is 3.34. The van der Waals surface area contributed by atoms with Crippen molar-refractivity contribution >= 4 is 16.8 Å². The summed E-state index contributed by atoms with van der Waals surface area (Å²) in [6.07, 6.45) is 2.08. The normalized spacial score (nSPS) is 18.4. The van der Waals surface area contributed by atoms with Gasteiger partial charge in [-0.2, -0.15) is 0 Å². The molecule has 118 valence electrons. The molecule has 4 nitrogen and oxygen atoms in total. The molecule has 1 aromatic heterocycles. The maximum absolute atomic E-state index is 13.0. The van der Waals surface area contributed by atoms with E-state index in [4.69, 9.17) is 4.74 Å². The summed E-state index contributed by atoms with van der Waals surface area (Å²) >= 11 is 0. The largest absolute Gasteiger partial charge is 0.383 e. The minimum absolute atomic E-state index is 0.102. The topological polar surface area (TPSA) is 45.3 Å². The Labute approximate surface area is 131 Å². The summed E-state index contributed by atoms with van der Waals surface area (Å²) in [6.45, 7) is 7.65. The summed E-state index contributed by atoms with van der Waals surface area (Å²) in [5, 5.41) is 1.16. The van der Waals surface area contributed by atoms with Crippen molar-refractivity contribution in [2.75, 3.05) is 20.3 Å². The Balaban J connectivity index is 2.01. The second-order valence-corrected chi connectivity index (χ2v) is 6.38. The van der Waals surface area contributed by atoms with Crippen molar-refractivity contribution in [2.45, 2.75) is 39.7 Å². The van der Waals surface area contributed by atoms with E-state index in [1.54, 1.807) is 7.11 Å². The van der Waals surface area contributed by atoms with Crippen LogP contribution in [0.2, 0.25) is 0 Å². The summed E-state index contributed by atoms with van der Waals surface area (Å²) in [5.74, 6) is 0.102. The quantitative estimate of drug-likeness (QED) is 0.945. The Bertz CT molecular complexity index is 717. The Kier molecular flexibility index (Phi) is 3.96. The van der Waals surface area contributed by atoms with Crippen LogP contribution < -0.4 is 0 Å². The summed E-state index contributed by atoms with van der Waals surface area (Å²) in [4.78, 5) is 18.3. The fraction of sp³-hybridized carbons (Fsp3) is 0.500. The second-order valence-electron chi connectivity index (χ2n) is 6.38.